The third kappa shape index (κ3) is 4.13. The van der Waals surface area contributed by atoms with Gasteiger partial charge in [-0.05, 0) is 25.4 Å². The molecule has 2 aromatic heterocycles. The fourth-order valence-corrected chi connectivity index (χ4v) is 3.34. The molecule has 132 valence electrons. The van der Waals surface area contributed by atoms with E-state index in [2.05, 4.69) is 27.3 Å². The third-order valence-electron chi connectivity index (χ3n) is 4.08. The van der Waals surface area contributed by atoms with E-state index in [1.54, 1.807) is 18.4 Å². The molecule has 1 aliphatic rings. The molecule has 7 nitrogen and oxygen atoms in total. The van der Waals surface area contributed by atoms with E-state index in [-0.39, 0.29) is 24.4 Å². The summed E-state index contributed by atoms with van der Waals surface area (Å²) in [6.07, 6.45) is 0. The van der Waals surface area contributed by atoms with Crippen molar-refractivity contribution in [1.82, 2.24) is 25.3 Å². The minimum absolute atomic E-state index is 0. The second-order valence-electron chi connectivity index (χ2n) is 5.56. The number of halogens is 1. The van der Waals surface area contributed by atoms with Crippen molar-refractivity contribution in [3.63, 3.8) is 0 Å². The lowest BCUT2D eigenvalue weighted by Gasteiger charge is -2.36. The fourth-order valence-electron chi connectivity index (χ4n) is 2.69. The highest BCUT2D eigenvalue weighted by atomic mass is 35.5. The molecule has 1 saturated heterocycles. The molecule has 0 bridgehead atoms. The molecule has 24 heavy (non-hydrogen) atoms. The van der Waals surface area contributed by atoms with Crippen LogP contribution >= 0.6 is 23.7 Å². The first kappa shape index (κ1) is 18.9. The van der Waals surface area contributed by atoms with Gasteiger partial charge >= 0.3 is 0 Å². The van der Waals surface area contributed by atoms with Crippen molar-refractivity contribution in [3.05, 3.63) is 23.4 Å². The zero-order valence-corrected chi connectivity index (χ0v) is 15.4. The molecular formula is C15H22ClN5O2S. The van der Waals surface area contributed by atoms with Crippen LogP contribution in [0.3, 0.4) is 0 Å². The number of rotatable bonds is 5. The SMILES string of the molecule is CNCC(=O)N1CCN(C(C)c2nc(-c3cccs3)no2)CC1.Cl. The van der Waals surface area contributed by atoms with Gasteiger partial charge < -0.3 is 14.7 Å². The Morgan fingerprint density at radius 2 is 2.17 bits per heavy atom. The Morgan fingerprint density at radius 1 is 1.42 bits per heavy atom. The molecule has 0 radical (unpaired) electrons. The number of amides is 1. The summed E-state index contributed by atoms with van der Waals surface area (Å²) in [6.45, 7) is 5.55. The van der Waals surface area contributed by atoms with Gasteiger partial charge in [0.2, 0.25) is 17.6 Å². The average molecular weight is 372 g/mol. The maximum absolute atomic E-state index is 11.9. The molecule has 3 heterocycles. The number of likely N-dealkylation sites (N-methyl/N-ethyl adjacent to an activating group) is 1. The van der Waals surface area contributed by atoms with Crippen LogP contribution in [0.25, 0.3) is 10.7 Å². The number of carbonyl (C=O) groups excluding carboxylic acids is 1. The summed E-state index contributed by atoms with van der Waals surface area (Å²) < 4.78 is 5.43. The number of carbonyl (C=O) groups is 1. The molecule has 9 heteroatoms. The number of piperazine rings is 1. The zero-order valence-electron chi connectivity index (χ0n) is 13.8. The highest BCUT2D eigenvalue weighted by molar-refractivity contribution is 7.13. The van der Waals surface area contributed by atoms with E-state index in [9.17, 15) is 4.79 Å². The Labute approximate surface area is 151 Å². The fraction of sp³-hybridized carbons (Fsp3) is 0.533. The quantitative estimate of drug-likeness (QED) is 0.861. The Hall–Kier alpha value is -1.48. The van der Waals surface area contributed by atoms with Crippen LogP contribution in [-0.4, -0.2) is 65.6 Å². The molecule has 1 aliphatic heterocycles. The second-order valence-corrected chi connectivity index (χ2v) is 6.50. The minimum Gasteiger partial charge on any atom is -0.339 e. The van der Waals surface area contributed by atoms with Crippen molar-refractivity contribution >= 4 is 29.7 Å². The van der Waals surface area contributed by atoms with E-state index in [1.165, 1.54) is 0 Å². The first-order valence-electron chi connectivity index (χ1n) is 7.73. The monoisotopic (exact) mass is 371 g/mol. The van der Waals surface area contributed by atoms with Gasteiger partial charge in [-0.25, -0.2) is 0 Å². The maximum atomic E-state index is 11.9. The molecule has 1 fully saturated rings. The molecule has 0 aromatic carbocycles. The van der Waals surface area contributed by atoms with Crippen molar-refractivity contribution in [2.24, 2.45) is 0 Å². The summed E-state index contributed by atoms with van der Waals surface area (Å²) in [5.74, 6) is 1.42. The third-order valence-corrected chi connectivity index (χ3v) is 4.95. The van der Waals surface area contributed by atoms with Crippen LogP contribution in [0.4, 0.5) is 0 Å². The van der Waals surface area contributed by atoms with E-state index in [0.29, 0.717) is 18.3 Å². The van der Waals surface area contributed by atoms with Gasteiger partial charge in [0.1, 0.15) is 0 Å². The highest BCUT2D eigenvalue weighted by Crippen LogP contribution is 2.25. The molecular weight excluding hydrogens is 350 g/mol. The van der Waals surface area contributed by atoms with Crippen LogP contribution < -0.4 is 5.32 Å². The van der Waals surface area contributed by atoms with E-state index in [0.717, 1.165) is 31.1 Å². The Kier molecular flexibility index (Phi) is 6.73. The van der Waals surface area contributed by atoms with Crippen LogP contribution in [0, 0.1) is 0 Å². The van der Waals surface area contributed by atoms with Gasteiger partial charge in [-0.1, -0.05) is 11.2 Å². The van der Waals surface area contributed by atoms with Crippen LogP contribution in [-0.2, 0) is 4.79 Å². The second kappa shape index (κ2) is 8.57. The number of aromatic nitrogens is 2. The van der Waals surface area contributed by atoms with Gasteiger partial charge in [-0.3, -0.25) is 9.69 Å². The summed E-state index contributed by atoms with van der Waals surface area (Å²) in [5, 5.41) is 8.97. The first-order valence-corrected chi connectivity index (χ1v) is 8.61. The average Bonchev–Trinajstić information content (AvgIpc) is 3.25. The van der Waals surface area contributed by atoms with Gasteiger partial charge in [-0.15, -0.1) is 23.7 Å². The smallest absolute Gasteiger partial charge is 0.244 e. The zero-order chi connectivity index (χ0) is 16.2. The normalized spacial score (nSPS) is 16.7. The van der Waals surface area contributed by atoms with Crippen LogP contribution in [0.1, 0.15) is 18.9 Å². The summed E-state index contributed by atoms with van der Waals surface area (Å²) in [5.41, 5.74) is 0. The molecule has 1 amide bonds. The van der Waals surface area contributed by atoms with E-state index < -0.39 is 0 Å². The van der Waals surface area contributed by atoms with E-state index in [1.807, 2.05) is 22.4 Å². The lowest BCUT2D eigenvalue weighted by molar-refractivity contribution is -0.132. The molecule has 1 N–H and O–H groups in total. The summed E-state index contributed by atoms with van der Waals surface area (Å²) in [4.78, 5) is 21.6. The molecule has 0 spiro atoms. The Morgan fingerprint density at radius 3 is 2.79 bits per heavy atom. The minimum atomic E-state index is 0. The summed E-state index contributed by atoms with van der Waals surface area (Å²) in [7, 11) is 1.79. The first-order chi connectivity index (χ1) is 11.2. The highest BCUT2D eigenvalue weighted by Gasteiger charge is 2.27. The van der Waals surface area contributed by atoms with Gasteiger partial charge in [0.25, 0.3) is 0 Å². The van der Waals surface area contributed by atoms with Crippen molar-refractivity contribution in [2.75, 3.05) is 39.8 Å². The maximum Gasteiger partial charge on any atom is 0.244 e. The van der Waals surface area contributed by atoms with Gasteiger partial charge in [-0.2, -0.15) is 4.98 Å². The molecule has 0 aliphatic carbocycles. The van der Waals surface area contributed by atoms with Crippen molar-refractivity contribution < 1.29 is 9.32 Å². The largest absolute Gasteiger partial charge is 0.339 e. The Balaban J connectivity index is 0.00000208. The molecule has 3 rings (SSSR count). The lowest BCUT2D eigenvalue weighted by Crippen LogP contribution is -2.51. The predicted octanol–water partition coefficient (Wildman–Crippen LogP) is 1.64. The predicted molar refractivity (Wildman–Crippen MR) is 95.4 cm³/mol. The summed E-state index contributed by atoms with van der Waals surface area (Å²) in [6, 6.07) is 4.01. The van der Waals surface area contributed by atoms with Crippen molar-refractivity contribution in [2.45, 2.75) is 13.0 Å². The van der Waals surface area contributed by atoms with E-state index >= 15 is 0 Å². The Bertz CT molecular complexity index is 640. The molecule has 0 saturated carbocycles. The van der Waals surface area contributed by atoms with Gasteiger partial charge in [0.05, 0.1) is 17.5 Å². The topological polar surface area (TPSA) is 74.5 Å². The van der Waals surface area contributed by atoms with Crippen molar-refractivity contribution in [3.8, 4) is 10.7 Å². The van der Waals surface area contributed by atoms with Crippen LogP contribution in [0.2, 0.25) is 0 Å². The van der Waals surface area contributed by atoms with Gasteiger partial charge in [0.15, 0.2) is 0 Å². The number of hydrogen-bond donors (Lipinski definition) is 1. The number of nitrogens with zero attached hydrogens (tertiary/aromatic N) is 4. The number of nitrogens with one attached hydrogen (secondary N) is 1. The van der Waals surface area contributed by atoms with E-state index in [4.69, 9.17) is 4.52 Å². The van der Waals surface area contributed by atoms with Gasteiger partial charge in [0, 0.05) is 26.2 Å². The van der Waals surface area contributed by atoms with Crippen LogP contribution in [0.15, 0.2) is 22.0 Å². The van der Waals surface area contributed by atoms with Crippen LogP contribution in [0.5, 0.6) is 0 Å². The van der Waals surface area contributed by atoms with Crippen molar-refractivity contribution in [1.29, 1.82) is 0 Å². The summed E-state index contributed by atoms with van der Waals surface area (Å²) >= 11 is 1.60. The molecule has 1 atom stereocenters. The molecule has 1 unspecified atom stereocenters. The number of hydrogen-bond acceptors (Lipinski definition) is 7. The molecule has 2 aromatic rings. The lowest BCUT2D eigenvalue weighted by atomic mass is 10.2. The number of thiophene rings is 1. The standard InChI is InChI=1S/C15H21N5O2S.ClH/c1-11(15-17-14(18-22-15)12-4-3-9-23-12)19-5-7-20(8-6-19)13(21)10-16-2;/h3-4,9,11,16H,5-8,10H2,1-2H3;1H.